The minimum absolute atomic E-state index is 0.180. The maximum Gasteiger partial charge on any atom is 0.167 e. The van der Waals surface area contributed by atoms with Crippen molar-refractivity contribution in [1.82, 2.24) is 5.32 Å². The predicted octanol–water partition coefficient (Wildman–Crippen LogP) is -1.79. The Morgan fingerprint density at radius 2 is 2.33 bits per heavy atom. The van der Waals surface area contributed by atoms with Crippen LogP contribution in [0.3, 0.4) is 0 Å². The average Bonchev–Trinajstić information content (AvgIpc) is 2.10. The highest BCUT2D eigenvalue weighted by Gasteiger charge is 2.09. The molecular weight excluding hydrogens is 150 g/mol. The summed E-state index contributed by atoms with van der Waals surface area (Å²) in [7, 11) is 4.35. The Bertz CT molecular complexity index is 133. The van der Waals surface area contributed by atoms with Crippen molar-refractivity contribution in [2.75, 3.05) is 13.6 Å². The lowest BCUT2D eigenvalue weighted by Gasteiger charge is -2.08. The summed E-state index contributed by atoms with van der Waals surface area (Å²) in [5.74, 6) is 0. The third kappa shape index (κ3) is 5.38. The van der Waals surface area contributed by atoms with Gasteiger partial charge < -0.3 is 15.8 Å². The van der Waals surface area contributed by atoms with Crippen LogP contribution in [0.25, 0.3) is 0 Å². The van der Waals surface area contributed by atoms with Crippen molar-refractivity contribution in [3.8, 4) is 0 Å². The molecule has 0 rings (SSSR count). The molecule has 0 aliphatic carbocycles. The maximum absolute atomic E-state index is 11.0. The minimum Gasteiger partial charge on any atom is -0.322 e. The lowest BCUT2D eigenvalue weighted by Crippen LogP contribution is -2.34. The lowest BCUT2D eigenvalue weighted by atomic mass is 9.51. The molecule has 3 nitrogen and oxygen atoms in total. The summed E-state index contributed by atoms with van der Waals surface area (Å²) in [6, 6.07) is -0.230. The summed E-state index contributed by atoms with van der Waals surface area (Å²) in [6.07, 6.45) is 2.96. The van der Waals surface area contributed by atoms with Gasteiger partial charge >= 0.3 is 0 Å². The Morgan fingerprint density at radius 3 is 2.83 bits per heavy atom. The van der Waals surface area contributed by atoms with Gasteiger partial charge in [0, 0.05) is 0 Å². The molecule has 0 fully saturated rings. The van der Waals surface area contributed by atoms with E-state index in [1.165, 1.54) is 0 Å². The molecule has 0 bridgehead atoms. The highest BCUT2D eigenvalue weighted by Crippen LogP contribution is 1.98. The van der Waals surface area contributed by atoms with Gasteiger partial charge in [-0.2, -0.15) is 0 Å². The first-order valence-corrected chi connectivity index (χ1v) is 4.65. The first-order chi connectivity index (χ1) is 5.72. The van der Waals surface area contributed by atoms with Crippen LogP contribution in [0, 0.1) is 0 Å². The molecule has 5 heteroatoms. The van der Waals surface area contributed by atoms with Crippen molar-refractivity contribution < 1.29 is 4.79 Å². The van der Waals surface area contributed by atoms with Crippen LogP contribution in [-0.4, -0.2) is 40.2 Å². The molecule has 0 saturated carbocycles. The van der Waals surface area contributed by atoms with E-state index in [9.17, 15) is 4.79 Å². The fourth-order valence-corrected chi connectivity index (χ4v) is 1.09. The molecule has 0 spiro atoms. The molecule has 1 atom stereocenters. The van der Waals surface area contributed by atoms with E-state index in [2.05, 4.69) is 5.32 Å². The number of unbranched alkanes of at least 4 members (excludes halogenated alkanes) is 1. The van der Waals surface area contributed by atoms with Gasteiger partial charge in [0.25, 0.3) is 0 Å². The molecule has 0 aromatic carbocycles. The van der Waals surface area contributed by atoms with Crippen molar-refractivity contribution >= 4 is 20.6 Å². The molecule has 0 aromatic rings. The average molecular weight is 168 g/mol. The Labute approximate surface area is 76.1 Å². The van der Waals surface area contributed by atoms with Crippen LogP contribution in [0.4, 0.5) is 0 Å². The Morgan fingerprint density at radius 1 is 1.67 bits per heavy atom. The molecule has 0 heterocycles. The molecule has 3 N–H and O–H groups in total. The number of hydrogen-bond donors (Lipinski definition) is 2. The summed E-state index contributed by atoms with van der Waals surface area (Å²) in [6.45, 7) is 1.01. The molecule has 12 heavy (non-hydrogen) atoms. The van der Waals surface area contributed by atoms with E-state index in [0.717, 1.165) is 25.8 Å². The van der Waals surface area contributed by atoms with Crippen molar-refractivity contribution in [2.45, 2.75) is 25.3 Å². The van der Waals surface area contributed by atoms with Crippen LogP contribution < -0.4 is 11.1 Å². The van der Waals surface area contributed by atoms with Gasteiger partial charge in [0.05, 0.1) is 19.5 Å². The highest BCUT2D eigenvalue weighted by molar-refractivity contribution is 7.08. The van der Waals surface area contributed by atoms with Crippen LogP contribution in [0.15, 0.2) is 0 Å². The van der Waals surface area contributed by atoms with E-state index in [0.29, 0.717) is 7.17 Å². The van der Waals surface area contributed by atoms with Gasteiger partial charge in [-0.25, -0.2) is 0 Å². The first kappa shape index (κ1) is 11.7. The number of carbonyl (C=O) groups excluding carboxylic acids is 1. The molecule has 0 aromatic heterocycles. The summed E-state index contributed by atoms with van der Waals surface area (Å²) < 4.78 is 0. The summed E-state index contributed by atoms with van der Waals surface area (Å²) in [4.78, 5) is 11.0. The smallest absolute Gasteiger partial charge is 0.167 e. The molecular formula is C7H18B2N2O. The topological polar surface area (TPSA) is 55.1 Å². The van der Waals surface area contributed by atoms with Crippen molar-refractivity contribution in [3.05, 3.63) is 0 Å². The second kappa shape index (κ2) is 7.37. The van der Waals surface area contributed by atoms with Gasteiger partial charge in [0.2, 0.25) is 0 Å². The minimum atomic E-state index is -0.230. The van der Waals surface area contributed by atoms with E-state index in [1.807, 2.05) is 14.8 Å². The second-order valence-electron chi connectivity index (χ2n) is 3.03. The number of nitrogens with two attached hydrogens (primary N) is 1. The number of hydrogen-bond acceptors (Lipinski definition) is 3. The lowest BCUT2D eigenvalue weighted by molar-refractivity contribution is -0.113. The predicted molar refractivity (Wildman–Crippen MR) is 56.5 cm³/mol. The fourth-order valence-electron chi connectivity index (χ4n) is 1.09. The quantitative estimate of drug-likeness (QED) is 0.348. The van der Waals surface area contributed by atoms with Gasteiger partial charge in [-0.05, 0) is 26.4 Å². The van der Waals surface area contributed by atoms with Gasteiger partial charge in [-0.15, -0.1) is 0 Å². The SMILES string of the molecule is BBC(=O)[C@@H](N)CCCCNC. The second-order valence-corrected chi connectivity index (χ2v) is 3.03. The Kier molecular flexibility index (Phi) is 7.20. The van der Waals surface area contributed by atoms with E-state index < -0.39 is 0 Å². The Hall–Kier alpha value is -0.280. The van der Waals surface area contributed by atoms with Crippen LogP contribution >= 0.6 is 0 Å². The molecule has 0 aliphatic rings. The third-order valence-corrected chi connectivity index (χ3v) is 1.95. The number of carbonyl (C=O) groups is 1. The standard InChI is InChI=1S/C7H18B2N2O/c1-11-5-3-2-4-6(10)7(12)9-8/h6,9,11H,2-5,8,10H2,1H3/t6-/m0/s1. The monoisotopic (exact) mass is 168 g/mol. The van der Waals surface area contributed by atoms with Crippen molar-refractivity contribution in [1.29, 1.82) is 0 Å². The zero-order chi connectivity index (χ0) is 9.40. The van der Waals surface area contributed by atoms with E-state index in [4.69, 9.17) is 5.73 Å². The normalized spacial score (nSPS) is 12.5. The van der Waals surface area contributed by atoms with Crippen molar-refractivity contribution in [3.63, 3.8) is 0 Å². The molecule has 0 radical (unpaired) electrons. The van der Waals surface area contributed by atoms with Gasteiger partial charge in [0.1, 0.15) is 0 Å². The van der Waals surface area contributed by atoms with Crippen LogP contribution in [0.2, 0.25) is 0 Å². The van der Waals surface area contributed by atoms with E-state index in [-0.39, 0.29) is 11.7 Å². The molecule has 0 aliphatic heterocycles. The number of rotatable bonds is 7. The van der Waals surface area contributed by atoms with Gasteiger partial charge in [-0.3, -0.25) is 0 Å². The van der Waals surface area contributed by atoms with Crippen LogP contribution in [-0.2, 0) is 4.79 Å². The zero-order valence-electron chi connectivity index (χ0n) is 8.10. The van der Waals surface area contributed by atoms with Gasteiger partial charge in [0.15, 0.2) is 7.17 Å². The number of nitrogens with one attached hydrogen (secondary N) is 1. The fraction of sp³-hybridized carbons (Fsp3) is 0.857. The van der Waals surface area contributed by atoms with E-state index >= 15 is 0 Å². The summed E-state index contributed by atoms with van der Waals surface area (Å²) in [5, 5.41) is 3.06. The zero-order valence-corrected chi connectivity index (χ0v) is 8.10. The van der Waals surface area contributed by atoms with E-state index in [1.54, 1.807) is 0 Å². The molecule has 0 saturated heterocycles. The van der Waals surface area contributed by atoms with Crippen LogP contribution in [0.5, 0.6) is 0 Å². The van der Waals surface area contributed by atoms with Gasteiger partial charge in [-0.1, -0.05) is 6.42 Å². The largest absolute Gasteiger partial charge is 0.322 e. The molecule has 0 amide bonds. The maximum atomic E-state index is 11.0. The molecule has 0 unspecified atom stereocenters. The Balaban J connectivity index is 3.31. The summed E-state index contributed by atoms with van der Waals surface area (Å²) >= 11 is 0. The highest BCUT2D eigenvalue weighted by atomic mass is 16.1. The first-order valence-electron chi connectivity index (χ1n) is 4.65. The van der Waals surface area contributed by atoms with Crippen molar-refractivity contribution in [2.24, 2.45) is 5.73 Å². The molecule has 68 valence electrons. The van der Waals surface area contributed by atoms with Crippen LogP contribution in [0.1, 0.15) is 19.3 Å². The third-order valence-electron chi connectivity index (χ3n) is 1.95. The summed E-state index contributed by atoms with van der Waals surface area (Å²) in [5.41, 5.74) is 5.82.